The molecule has 0 spiro atoms. The standard InChI is InChI=1S/C25H40O3/c1-22(2)12-7-13-23(3)17(22)10-14-24(4)18-9-8-16(26)20(21(27)28-6)25(18,5)15-11-19(23)24/h17-20H,7-15H2,1-6H3/t17-,18-,19+,20+,23-,24-,25-/m1/s1. The largest absolute Gasteiger partial charge is 0.468 e. The van der Waals surface area contributed by atoms with Crippen molar-refractivity contribution in [2.45, 2.75) is 92.4 Å². The molecular weight excluding hydrogens is 348 g/mol. The molecule has 0 aromatic rings. The minimum atomic E-state index is -0.553. The predicted octanol–water partition coefficient (Wildman–Crippen LogP) is 5.80. The van der Waals surface area contributed by atoms with Crippen molar-refractivity contribution in [1.29, 1.82) is 0 Å². The average Bonchev–Trinajstić information content (AvgIpc) is 2.59. The fourth-order valence-corrected chi connectivity index (χ4v) is 9.47. The Kier molecular flexibility index (Phi) is 4.61. The van der Waals surface area contributed by atoms with Crippen LogP contribution in [0.15, 0.2) is 0 Å². The number of hydrogen-bond acceptors (Lipinski definition) is 3. The van der Waals surface area contributed by atoms with Gasteiger partial charge in [-0.1, -0.05) is 41.0 Å². The van der Waals surface area contributed by atoms with Crippen LogP contribution in [0.3, 0.4) is 0 Å². The molecule has 0 saturated heterocycles. The molecular formula is C25H40O3. The van der Waals surface area contributed by atoms with Crippen LogP contribution in [0.1, 0.15) is 92.4 Å². The zero-order valence-electron chi connectivity index (χ0n) is 18.9. The van der Waals surface area contributed by atoms with E-state index in [0.717, 1.165) is 25.2 Å². The fourth-order valence-electron chi connectivity index (χ4n) is 9.47. The number of esters is 1. The first-order chi connectivity index (χ1) is 13.0. The van der Waals surface area contributed by atoms with Crippen LogP contribution in [-0.2, 0) is 14.3 Å². The summed E-state index contributed by atoms with van der Waals surface area (Å²) >= 11 is 0. The summed E-state index contributed by atoms with van der Waals surface area (Å²) < 4.78 is 5.12. The molecule has 158 valence electrons. The van der Waals surface area contributed by atoms with Crippen molar-refractivity contribution >= 4 is 11.8 Å². The van der Waals surface area contributed by atoms with E-state index in [1.54, 1.807) is 0 Å². The summed E-state index contributed by atoms with van der Waals surface area (Å²) in [7, 11) is 1.44. The van der Waals surface area contributed by atoms with Crippen molar-refractivity contribution in [3.05, 3.63) is 0 Å². The summed E-state index contributed by atoms with van der Waals surface area (Å²) in [6.07, 6.45) is 10.3. The highest BCUT2D eigenvalue weighted by Crippen LogP contribution is 2.72. The molecule has 4 rings (SSSR count). The van der Waals surface area contributed by atoms with Crippen molar-refractivity contribution in [1.82, 2.24) is 0 Å². The number of ketones is 1. The first kappa shape index (κ1) is 20.4. The van der Waals surface area contributed by atoms with Gasteiger partial charge in [-0.3, -0.25) is 9.59 Å². The number of fused-ring (bicyclic) bond motifs is 5. The van der Waals surface area contributed by atoms with Crippen molar-refractivity contribution in [2.75, 3.05) is 7.11 Å². The van der Waals surface area contributed by atoms with Crippen LogP contribution in [0.4, 0.5) is 0 Å². The van der Waals surface area contributed by atoms with Crippen LogP contribution >= 0.6 is 0 Å². The minimum Gasteiger partial charge on any atom is -0.468 e. The maximum Gasteiger partial charge on any atom is 0.316 e. The summed E-state index contributed by atoms with van der Waals surface area (Å²) in [5, 5.41) is 0. The fraction of sp³-hybridized carbons (Fsp3) is 0.920. The molecule has 4 fully saturated rings. The maximum absolute atomic E-state index is 12.8. The number of carbonyl (C=O) groups excluding carboxylic acids is 2. The lowest BCUT2D eigenvalue weighted by Gasteiger charge is -2.69. The van der Waals surface area contributed by atoms with Crippen molar-refractivity contribution < 1.29 is 14.3 Å². The first-order valence-electron chi connectivity index (χ1n) is 11.6. The molecule has 0 N–H and O–H groups in total. The second-order valence-electron chi connectivity index (χ2n) is 12.1. The van der Waals surface area contributed by atoms with Gasteiger partial charge in [-0.15, -0.1) is 0 Å². The van der Waals surface area contributed by atoms with Gasteiger partial charge in [-0.25, -0.2) is 0 Å². The Labute approximate surface area is 171 Å². The lowest BCUT2D eigenvalue weighted by Crippen LogP contribution is -2.64. The van der Waals surface area contributed by atoms with Crippen molar-refractivity contribution in [3.63, 3.8) is 0 Å². The summed E-state index contributed by atoms with van der Waals surface area (Å²) in [4.78, 5) is 25.4. The number of methoxy groups -OCH3 is 1. The Morgan fingerprint density at radius 3 is 2.07 bits per heavy atom. The van der Waals surface area contributed by atoms with E-state index in [1.807, 2.05) is 0 Å². The molecule has 0 aromatic heterocycles. The Morgan fingerprint density at radius 2 is 1.39 bits per heavy atom. The molecule has 4 saturated carbocycles. The van der Waals surface area contributed by atoms with Crippen LogP contribution in [0.5, 0.6) is 0 Å². The van der Waals surface area contributed by atoms with Gasteiger partial charge in [0.25, 0.3) is 0 Å². The molecule has 0 amide bonds. The second-order valence-corrected chi connectivity index (χ2v) is 12.1. The van der Waals surface area contributed by atoms with Crippen molar-refractivity contribution in [3.8, 4) is 0 Å². The average molecular weight is 389 g/mol. The van der Waals surface area contributed by atoms with Gasteiger partial charge in [-0.2, -0.15) is 0 Å². The predicted molar refractivity (Wildman–Crippen MR) is 111 cm³/mol. The van der Waals surface area contributed by atoms with Crippen LogP contribution < -0.4 is 0 Å². The van der Waals surface area contributed by atoms with Gasteiger partial charge in [0.05, 0.1) is 7.11 Å². The Bertz CT molecular complexity index is 673. The zero-order valence-corrected chi connectivity index (χ0v) is 18.9. The lowest BCUT2D eigenvalue weighted by atomic mass is 9.35. The van der Waals surface area contributed by atoms with Crippen LogP contribution in [0, 0.1) is 45.3 Å². The molecule has 28 heavy (non-hydrogen) atoms. The van der Waals surface area contributed by atoms with Gasteiger partial charge in [0.15, 0.2) is 0 Å². The molecule has 0 aliphatic heterocycles. The van der Waals surface area contributed by atoms with Crippen LogP contribution in [0.2, 0.25) is 0 Å². The number of hydrogen-bond donors (Lipinski definition) is 0. The summed E-state index contributed by atoms with van der Waals surface area (Å²) in [6.45, 7) is 12.3. The third kappa shape index (κ3) is 2.53. The highest BCUT2D eigenvalue weighted by molar-refractivity contribution is 6.00. The maximum atomic E-state index is 12.8. The molecule has 7 atom stereocenters. The van der Waals surface area contributed by atoms with E-state index in [9.17, 15) is 9.59 Å². The molecule has 0 unspecified atom stereocenters. The van der Waals surface area contributed by atoms with E-state index in [-0.39, 0.29) is 22.6 Å². The van der Waals surface area contributed by atoms with Gasteiger partial charge in [0.2, 0.25) is 0 Å². The first-order valence-corrected chi connectivity index (χ1v) is 11.6. The Morgan fingerprint density at radius 1 is 0.821 bits per heavy atom. The lowest BCUT2D eigenvalue weighted by molar-refractivity contribution is -0.211. The minimum absolute atomic E-state index is 0.117. The van der Waals surface area contributed by atoms with Gasteiger partial charge in [0.1, 0.15) is 11.7 Å². The third-order valence-electron chi connectivity index (χ3n) is 10.5. The normalized spacial score (nSPS) is 50.1. The highest BCUT2D eigenvalue weighted by atomic mass is 16.5. The van der Waals surface area contributed by atoms with Gasteiger partial charge < -0.3 is 4.74 Å². The summed E-state index contributed by atoms with van der Waals surface area (Å²) in [5.74, 6) is 1.23. The number of Topliss-reactive ketones (excluding diaryl/α,β-unsaturated/α-hetero) is 1. The van der Waals surface area contributed by atoms with E-state index in [4.69, 9.17) is 4.74 Å². The van der Waals surface area contributed by atoms with E-state index in [0.29, 0.717) is 29.1 Å². The second kappa shape index (κ2) is 6.32. The third-order valence-corrected chi connectivity index (χ3v) is 10.5. The van der Waals surface area contributed by atoms with E-state index >= 15 is 0 Å². The smallest absolute Gasteiger partial charge is 0.316 e. The Hall–Kier alpha value is -0.860. The molecule has 0 heterocycles. The van der Waals surface area contributed by atoms with Gasteiger partial charge >= 0.3 is 5.97 Å². The van der Waals surface area contributed by atoms with Gasteiger partial charge in [-0.05, 0) is 84.4 Å². The summed E-state index contributed by atoms with van der Waals surface area (Å²) in [5.41, 5.74) is 0.837. The SMILES string of the molecule is COC(=O)[C@@H]1C(=O)CC[C@@H]2[C@@]3(C)CC[C@@H]4C(C)(C)CCC[C@@]4(C)[C@@H]3CC[C@@]12C. The zero-order chi connectivity index (χ0) is 20.5. The van der Waals surface area contributed by atoms with E-state index < -0.39 is 5.92 Å². The number of rotatable bonds is 1. The van der Waals surface area contributed by atoms with E-state index in [1.165, 1.54) is 39.2 Å². The molecule has 3 nitrogen and oxygen atoms in total. The molecule has 0 bridgehead atoms. The summed E-state index contributed by atoms with van der Waals surface area (Å²) in [6, 6.07) is 0. The highest BCUT2D eigenvalue weighted by Gasteiger charge is 2.67. The van der Waals surface area contributed by atoms with Crippen LogP contribution in [0.25, 0.3) is 0 Å². The molecule has 4 aliphatic rings. The molecule has 0 aromatic carbocycles. The van der Waals surface area contributed by atoms with E-state index in [2.05, 4.69) is 34.6 Å². The van der Waals surface area contributed by atoms with Crippen LogP contribution in [-0.4, -0.2) is 18.9 Å². The number of carbonyl (C=O) groups is 2. The quantitative estimate of drug-likeness (QED) is 0.421. The van der Waals surface area contributed by atoms with Crippen molar-refractivity contribution in [2.24, 2.45) is 45.3 Å². The van der Waals surface area contributed by atoms with Gasteiger partial charge in [0, 0.05) is 6.42 Å². The molecule has 3 heteroatoms. The molecule has 0 radical (unpaired) electrons. The topological polar surface area (TPSA) is 43.4 Å². The molecule has 4 aliphatic carbocycles. The monoisotopic (exact) mass is 388 g/mol. The number of ether oxygens (including phenoxy) is 1. The Balaban J connectivity index is 1.74.